The van der Waals surface area contributed by atoms with Crippen molar-refractivity contribution >= 4 is 41.6 Å². The highest BCUT2D eigenvalue weighted by Crippen LogP contribution is 2.26. The van der Waals surface area contributed by atoms with Crippen molar-refractivity contribution in [1.82, 2.24) is 10.6 Å². The fraction of sp³-hybridized carbons (Fsp3) is 0.667. The van der Waals surface area contributed by atoms with E-state index in [2.05, 4.69) is 15.6 Å². The number of rotatable bonds is 21. The Morgan fingerprint density at radius 3 is 2.02 bits per heavy atom. The van der Waals surface area contributed by atoms with E-state index in [0.717, 1.165) is 6.08 Å². The molecule has 21 nitrogen and oxygen atoms in total. The predicted octanol–water partition coefficient (Wildman–Crippen LogP) is -4.62. The summed E-state index contributed by atoms with van der Waals surface area (Å²) in [5.74, 6) is -5.97. The van der Waals surface area contributed by atoms with Gasteiger partial charge in [0.2, 0.25) is 23.5 Å². The number of amides is 3. The number of aliphatic imine (C=N–C) groups is 1. The monoisotopic (exact) mass is 692 g/mol. The van der Waals surface area contributed by atoms with Crippen LogP contribution in [0.1, 0.15) is 51.9 Å². The summed E-state index contributed by atoms with van der Waals surface area (Å²) in [5.41, 5.74) is 26.1. The highest BCUT2D eigenvalue weighted by Gasteiger charge is 2.45. The normalized spacial score (nSPS) is 19.4. The zero-order valence-electron chi connectivity index (χ0n) is 26.5. The molecule has 0 saturated carbocycles. The zero-order chi connectivity index (χ0) is 37.0. The molecule has 48 heavy (non-hydrogen) atoms. The van der Waals surface area contributed by atoms with Crippen molar-refractivity contribution in [1.29, 1.82) is 0 Å². The van der Waals surface area contributed by atoms with E-state index < -0.39 is 84.6 Å². The quantitative estimate of drug-likeness (QED) is 0.0306. The summed E-state index contributed by atoms with van der Waals surface area (Å²) in [6, 6.07) is -4.17. The van der Waals surface area contributed by atoms with Crippen molar-refractivity contribution < 1.29 is 63.8 Å². The highest BCUT2D eigenvalue weighted by molar-refractivity contribution is 5.85. The molecule has 1 rings (SSSR count). The zero-order valence-corrected chi connectivity index (χ0v) is 26.5. The third-order valence-electron chi connectivity index (χ3n) is 6.55. The molecule has 0 aromatic rings. The van der Waals surface area contributed by atoms with Crippen LogP contribution < -0.4 is 39.3 Å². The van der Waals surface area contributed by atoms with Gasteiger partial charge in [-0.2, -0.15) is 0 Å². The summed E-state index contributed by atoms with van der Waals surface area (Å²) >= 11 is 0. The predicted molar refractivity (Wildman–Crippen MR) is 166 cm³/mol. The van der Waals surface area contributed by atoms with E-state index in [4.69, 9.17) is 48.4 Å². The smallest absolute Gasteiger partial charge is 0.370 e. The minimum Gasteiger partial charge on any atom is -0.480 e. The fourth-order valence-corrected chi connectivity index (χ4v) is 4.10. The van der Waals surface area contributed by atoms with Crippen molar-refractivity contribution in [3.63, 3.8) is 0 Å². The van der Waals surface area contributed by atoms with Gasteiger partial charge in [0.1, 0.15) is 24.3 Å². The van der Waals surface area contributed by atoms with Crippen LogP contribution in [0.4, 0.5) is 0 Å². The van der Waals surface area contributed by atoms with Gasteiger partial charge < -0.3 is 74.3 Å². The summed E-state index contributed by atoms with van der Waals surface area (Å²) in [7, 11) is 0. The van der Waals surface area contributed by atoms with E-state index in [1.54, 1.807) is 0 Å². The Bertz CT molecular complexity index is 1150. The Labute approximate surface area is 275 Å². The van der Waals surface area contributed by atoms with Gasteiger partial charge in [-0.15, -0.1) is 0 Å². The number of nitrogens with two attached hydrogens (primary N) is 5. The van der Waals surface area contributed by atoms with Crippen molar-refractivity contribution in [2.75, 3.05) is 19.8 Å². The van der Waals surface area contributed by atoms with Gasteiger partial charge in [0.05, 0.1) is 18.7 Å². The summed E-state index contributed by atoms with van der Waals surface area (Å²) in [5, 5.41) is 51.7. The molecular weight excluding hydrogens is 644 g/mol. The molecule has 274 valence electrons. The van der Waals surface area contributed by atoms with Gasteiger partial charge in [-0.1, -0.05) is 0 Å². The second-order valence-electron chi connectivity index (χ2n) is 10.6. The maximum Gasteiger partial charge on any atom is 0.370 e. The molecule has 0 saturated heterocycles. The third kappa shape index (κ3) is 17.9. The number of nitrogens with zero attached hydrogens (tertiary/aromatic N) is 1. The maximum atomic E-state index is 11.8. The number of carbonyl (C=O) groups excluding carboxylic acids is 3. The van der Waals surface area contributed by atoms with E-state index >= 15 is 0 Å². The summed E-state index contributed by atoms with van der Waals surface area (Å²) in [4.78, 5) is 70.0. The van der Waals surface area contributed by atoms with Gasteiger partial charge in [-0.05, 0) is 38.2 Å². The van der Waals surface area contributed by atoms with E-state index in [1.807, 2.05) is 0 Å². The number of unbranched alkanes of at least 4 members (excludes halogenated alkanes) is 2. The molecule has 21 heteroatoms. The first kappa shape index (κ1) is 43.4. The van der Waals surface area contributed by atoms with Crippen molar-refractivity contribution in [2.24, 2.45) is 33.7 Å². The van der Waals surface area contributed by atoms with Crippen LogP contribution in [0.3, 0.4) is 0 Å². The molecule has 0 aromatic carbocycles. The molecule has 3 amide bonds. The standard InChI is InChI=1S/C22H38N6O10.C5H10N2O3/c1-11(30)27-17-13(28-22(24)25)9-15(21(35)36)38-19(17)18(14(31)10-29)37-8-4-2-3-7-26-16(32)6-5-12(23)20(33)34;6-3(5(9)10)1-2-4(7)8/h9,12-14,17-19,29,31H,2-8,10,23H2,1H3,(H,26,32)(H,27,30)(H,33,34)(H,35,36)(H4,24,25,28);3H,1-2,6H2,(H2,7,8)(H,9,10)/t12-,13-,14+,17+,18+,19+;3-/m00/s1. The minimum absolute atomic E-state index is 0.0121. The number of ether oxygens (including phenoxy) is 2. The molecule has 1 heterocycles. The number of hydrogen-bond acceptors (Lipinski definition) is 13. The fourth-order valence-electron chi connectivity index (χ4n) is 4.10. The van der Waals surface area contributed by atoms with Crippen LogP contribution in [-0.2, 0) is 38.2 Å². The van der Waals surface area contributed by atoms with Crippen LogP contribution in [-0.4, -0.2) is 129 Å². The van der Waals surface area contributed by atoms with Crippen LogP contribution in [0.5, 0.6) is 0 Å². The number of carboxylic acids is 3. The van der Waals surface area contributed by atoms with Crippen LogP contribution in [0, 0.1) is 0 Å². The molecule has 0 fully saturated rings. The van der Waals surface area contributed by atoms with Crippen LogP contribution >= 0.6 is 0 Å². The molecule has 17 N–H and O–H groups in total. The van der Waals surface area contributed by atoms with E-state index in [0.29, 0.717) is 25.8 Å². The Kier molecular flexibility index (Phi) is 20.7. The number of hydrogen-bond donors (Lipinski definition) is 12. The lowest BCUT2D eigenvalue weighted by molar-refractivity contribution is -0.153. The second kappa shape index (κ2) is 22.9. The molecule has 0 unspecified atom stereocenters. The average molecular weight is 693 g/mol. The topological polar surface area (TPSA) is 389 Å². The molecule has 1 aliphatic heterocycles. The molecule has 0 radical (unpaired) electrons. The van der Waals surface area contributed by atoms with E-state index in [1.165, 1.54) is 6.92 Å². The summed E-state index contributed by atoms with van der Waals surface area (Å²) in [6.07, 6.45) is -1.17. The first-order chi connectivity index (χ1) is 22.4. The molecule has 7 atom stereocenters. The Balaban J connectivity index is 0.00000190. The SMILES string of the molecule is CC(=O)N[C@H]1[C@H]([C@H](OCCCCCNC(=O)CC[C@H](N)C(=O)O)[C@H](O)CO)OC(C(=O)O)=C[C@@H]1N=C(N)N.NC(=O)CC[C@H](N)C(=O)O. The van der Waals surface area contributed by atoms with Crippen molar-refractivity contribution in [3.8, 4) is 0 Å². The lowest BCUT2D eigenvalue weighted by atomic mass is 9.92. The highest BCUT2D eigenvalue weighted by atomic mass is 16.6. The average Bonchev–Trinajstić information content (AvgIpc) is 3.00. The molecule has 0 spiro atoms. The number of nitrogens with one attached hydrogen (secondary N) is 2. The van der Waals surface area contributed by atoms with Gasteiger partial charge in [-0.3, -0.25) is 24.0 Å². The Morgan fingerprint density at radius 2 is 1.54 bits per heavy atom. The maximum absolute atomic E-state index is 11.8. The Hall–Kier alpha value is -4.57. The number of carbonyl (C=O) groups is 6. The number of guanidine groups is 1. The number of carboxylic acid groups (broad SMARTS) is 3. The lowest BCUT2D eigenvalue weighted by Crippen LogP contribution is -2.60. The van der Waals surface area contributed by atoms with Crippen LogP contribution in [0.2, 0.25) is 0 Å². The molecule has 0 aromatic heterocycles. The van der Waals surface area contributed by atoms with Crippen LogP contribution in [0.25, 0.3) is 0 Å². The number of aliphatic carboxylic acids is 3. The molecule has 0 aliphatic carbocycles. The van der Waals surface area contributed by atoms with Gasteiger partial charge >= 0.3 is 17.9 Å². The molecule has 0 bridgehead atoms. The minimum atomic E-state index is -1.50. The lowest BCUT2D eigenvalue weighted by Gasteiger charge is -2.40. The Morgan fingerprint density at radius 1 is 0.958 bits per heavy atom. The number of aliphatic hydroxyl groups excluding tert-OH is 2. The van der Waals surface area contributed by atoms with Crippen molar-refractivity contribution in [3.05, 3.63) is 11.8 Å². The van der Waals surface area contributed by atoms with Gasteiger partial charge in [0, 0.05) is 32.9 Å². The largest absolute Gasteiger partial charge is 0.480 e. The van der Waals surface area contributed by atoms with E-state index in [-0.39, 0.29) is 44.2 Å². The van der Waals surface area contributed by atoms with Gasteiger partial charge in [0.25, 0.3) is 0 Å². The van der Waals surface area contributed by atoms with Gasteiger partial charge in [-0.25, -0.2) is 9.79 Å². The van der Waals surface area contributed by atoms with E-state index in [9.17, 15) is 44.1 Å². The first-order valence-corrected chi connectivity index (χ1v) is 14.8. The summed E-state index contributed by atoms with van der Waals surface area (Å²) < 4.78 is 11.3. The van der Waals surface area contributed by atoms with Crippen LogP contribution in [0.15, 0.2) is 16.8 Å². The number of primary amides is 1. The second-order valence-corrected chi connectivity index (χ2v) is 10.6. The third-order valence-corrected chi connectivity index (χ3v) is 6.55. The van der Waals surface area contributed by atoms with Crippen molar-refractivity contribution in [2.45, 2.75) is 94.3 Å². The summed E-state index contributed by atoms with van der Waals surface area (Å²) in [6.45, 7) is 0.883. The van der Waals surface area contributed by atoms with Gasteiger partial charge in [0.15, 0.2) is 12.1 Å². The first-order valence-electron chi connectivity index (χ1n) is 14.8. The number of aliphatic hydroxyl groups is 2. The molecular formula is C27H48N8O13. The molecule has 1 aliphatic rings.